The van der Waals surface area contributed by atoms with Gasteiger partial charge < -0.3 is 9.84 Å². The fraction of sp³-hybridized carbons (Fsp3) is 0.640. The van der Waals surface area contributed by atoms with Crippen molar-refractivity contribution in [3.8, 4) is 0 Å². The lowest BCUT2D eigenvalue weighted by molar-refractivity contribution is -0.145. The molecule has 4 rings (SSSR count). The third-order valence-corrected chi connectivity index (χ3v) is 7.86. The van der Waals surface area contributed by atoms with Gasteiger partial charge in [0, 0.05) is 18.5 Å². The summed E-state index contributed by atoms with van der Waals surface area (Å²) in [6.07, 6.45) is 6.51. The summed E-state index contributed by atoms with van der Waals surface area (Å²) < 4.78 is 5.88. The molecule has 1 heterocycles. The Morgan fingerprint density at radius 1 is 1.31 bits per heavy atom. The number of esters is 1. The van der Waals surface area contributed by atoms with Gasteiger partial charge in [-0.05, 0) is 50.1 Å². The van der Waals surface area contributed by atoms with E-state index in [4.69, 9.17) is 4.74 Å². The van der Waals surface area contributed by atoms with Gasteiger partial charge in [-0.25, -0.2) is 0 Å². The molecule has 1 saturated carbocycles. The number of hydrogen-bond acceptors (Lipinski definition) is 4. The van der Waals surface area contributed by atoms with Crippen LogP contribution in [0.4, 0.5) is 0 Å². The first-order valence-corrected chi connectivity index (χ1v) is 11.2. The van der Waals surface area contributed by atoms with Crippen LogP contribution < -0.4 is 0 Å². The lowest BCUT2D eigenvalue weighted by atomic mass is 9.59. The van der Waals surface area contributed by atoms with E-state index in [1.165, 1.54) is 19.3 Å². The molecule has 1 aliphatic heterocycles. The smallest absolute Gasteiger partial charge is 0.311 e. The van der Waals surface area contributed by atoms with E-state index in [1.54, 1.807) is 5.57 Å². The highest BCUT2D eigenvalue weighted by molar-refractivity contribution is 5.76. The van der Waals surface area contributed by atoms with Gasteiger partial charge in [-0.1, -0.05) is 62.2 Å². The Hall–Kier alpha value is -1.65. The summed E-state index contributed by atoms with van der Waals surface area (Å²) in [6.45, 7) is 7.33. The zero-order valence-corrected chi connectivity index (χ0v) is 18.2. The van der Waals surface area contributed by atoms with E-state index in [0.717, 1.165) is 12.0 Å². The van der Waals surface area contributed by atoms with Crippen LogP contribution in [0.5, 0.6) is 0 Å². The first-order valence-electron chi connectivity index (χ1n) is 11.2. The summed E-state index contributed by atoms with van der Waals surface area (Å²) in [7, 11) is 2.00. The molecule has 0 spiro atoms. The molecule has 4 heteroatoms. The minimum atomic E-state index is -0.583. The number of likely N-dealkylation sites (N-methyl/N-ethyl adjacent to an activating group) is 1. The van der Waals surface area contributed by atoms with Crippen molar-refractivity contribution in [2.45, 2.75) is 64.7 Å². The summed E-state index contributed by atoms with van der Waals surface area (Å²) in [4.78, 5) is 14.9. The van der Waals surface area contributed by atoms with Gasteiger partial charge in [0.2, 0.25) is 0 Å². The highest BCUT2D eigenvalue weighted by Crippen LogP contribution is 2.54. The highest BCUT2D eigenvalue weighted by atomic mass is 16.6. The molecule has 0 radical (unpaired) electrons. The normalized spacial score (nSPS) is 36.1. The average molecular weight is 398 g/mol. The van der Waals surface area contributed by atoms with Gasteiger partial charge in [-0.15, -0.1) is 0 Å². The van der Waals surface area contributed by atoms with Gasteiger partial charge in [-0.2, -0.15) is 0 Å². The Labute approximate surface area is 174 Å². The lowest BCUT2D eigenvalue weighted by Gasteiger charge is -2.46. The molecule has 158 valence electrons. The maximum Gasteiger partial charge on any atom is 0.311 e. The van der Waals surface area contributed by atoms with Gasteiger partial charge in [-0.3, -0.25) is 9.69 Å². The monoisotopic (exact) mass is 397 g/mol. The quantitative estimate of drug-likeness (QED) is 0.593. The van der Waals surface area contributed by atoms with Crippen LogP contribution >= 0.6 is 0 Å². The van der Waals surface area contributed by atoms with Gasteiger partial charge in [0.05, 0.1) is 12.0 Å². The second-order valence-electron chi connectivity index (χ2n) is 9.87. The van der Waals surface area contributed by atoms with E-state index in [-0.39, 0.29) is 35.4 Å². The van der Waals surface area contributed by atoms with Gasteiger partial charge >= 0.3 is 5.97 Å². The average Bonchev–Trinajstić information content (AvgIpc) is 2.99. The van der Waals surface area contributed by atoms with Gasteiger partial charge in [0.15, 0.2) is 0 Å². The van der Waals surface area contributed by atoms with Crippen LogP contribution in [0, 0.1) is 23.2 Å². The second-order valence-corrected chi connectivity index (χ2v) is 9.87. The largest absolute Gasteiger partial charge is 0.461 e. The number of rotatable bonds is 5. The number of carbonyl (C=O) groups is 1. The van der Waals surface area contributed by atoms with Crippen LogP contribution in [0.15, 0.2) is 42.0 Å². The molecule has 2 aliphatic carbocycles. The predicted molar refractivity (Wildman–Crippen MR) is 114 cm³/mol. The van der Waals surface area contributed by atoms with Crippen molar-refractivity contribution in [2.24, 2.45) is 23.2 Å². The number of nitrogens with zero attached hydrogens (tertiary/aromatic N) is 1. The number of ether oxygens (including phenoxy) is 1. The molecular formula is C25H35NO3. The Kier molecular flexibility index (Phi) is 5.60. The van der Waals surface area contributed by atoms with E-state index < -0.39 is 6.10 Å². The molecule has 29 heavy (non-hydrogen) atoms. The molecule has 0 aromatic heterocycles. The molecule has 1 unspecified atom stereocenters. The number of carbonyl (C=O) groups excluding carboxylic acids is 1. The molecule has 1 aromatic rings. The van der Waals surface area contributed by atoms with Crippen molar-refractivity contribution in [1.82, 2.24) is 4.90 Å². The summed E-state index contributed by atoms with van der Waals surface area (Å²) in [5.41, 5.74) is 2.65. The van der Waals surface area contributed by atoms with Crippen molar-refractivity contribution in [3.05, 3.63) is 47.5 Å². The summed E-state index contributed by atoms with van der Waals surface area (Å²) in [5.74, 6) is 0.541. The zero-order valence-electron chi connectivity index (χ0n) is 18.2. The number of aliphatic hydroxyl groups excluding tert-OH is 1. The van der Waals surface area contributed by atoms with Crippen LogP contribution in [-0.2, 0) is 9.53 Å². The zero-order chi connectivity index (χ0) is 20.8. The van der Waals surface area contributed by atoms with E-state index >= 15 is 0 Å². The maximum atomic E-state index is 12.8. The van der Waals surface area contributed by atoms with E-state index in [0.29, 0.717) is 12.5 Å². The molecule has 3 aliphatic rings. The SMILES string of the molecule is C[C@H]1CCC[C@]2(C)C[C@H]3OC(=O)C(CN(C)[C@@H](C)[C@@H](O)c4ccccc4)[C@H]3C=C12. The number of aliphatic hydroxyl groups is 1. The third-order valence-electron chi connectivity index (χ3n) is 7.86. The predicted octanol–water partition coefficient (Wildman–Crippen LogP) is 4.35. The maximum absolute atomic E-state index is 12.8. The van der Waals surface area contributed by atoms with Crippen LogP contribution in [0.25, 0.3) is 0 Å². The Morgan fingerprint density at radius 2 is 2.03 bits per heavy atom. The van der Waals surface area contributed by atoms with E-state index in [9.17, 15) is 9.90 Å². The van der Waals surface area contributed by atoms with Crippen LogP contribution in [-0.4, -0.2) is 41.7 Å². The number of benzene rings is 1. The van der Waals surface area contributed by atoms with Gasteiger partial charge in [0.1, 0.15) is 6.10 Å². The first-order chi connectivity index (χ1) is 13.8. The molecule has 0 amide bonds. The van der Waals surface area contributed by atoms with Crippen molar-refractivity contribution in [3.63, 3.8) is 0 Å². The van der Waals surface area contributed by atoms with Crippen molar-refractivity contribution >= 4 is 5.97 Å². The van der Waals surface area contributed by atoms with Crippen molar-refractivity contribution < 1.29 is 14.6 Å². The van der Waals surface area contributed by atoms with Crippen molar-refractivity contribution in [1.29, 1.82) is 0 Å². The molecule has 7 atom stereocenters. The van der Waals surface area contributed by atoms with E-state index in [1.807, 2.05) is 44.3 Å². The molecule has 2 fully saturated rings. The molecule has 1 N–H and O–H groups in total. The second kappa shape index (κ2) is 7.88. The van der Waals surface area contributed by atoms with Crippen LogP contribution in [0.2, 0.25) is 0 Å². The third kappa shape index (κ3) is 3.77. The minimum Gasteiger partial charge on any atom is -0.461 e. The van der Waals surface area contributed by atoms with Gasteiger partial charge in [0.25, 0.3) is 0 Å². The molecular weight excluding hydrogens is 362 g/mol. The fourth-order valence-electron chi connectivity index (χ4n) is 5.91. The fourth-order valence-corrected chi connectivity index (χ4v) is 5.91. The van der Waals surface area contributed by atoms with Crippen LogP contribution in [0.1, 0.15) is 58.1 Å². The topological polar surface area (TPSA) is 49.8 Å². The first kappa shape index (κ1) is 20.6. The van der Waals surface area contributed by atoms with Crippen molar-refractivity contribution in [2.75, 3.05) is 13.6 Å². The number of fused-ring (bicyclic) bond motifs is 2. The highest BCUT2D eigenvalue weighted by Gasteiger charge is 2.52. The Morgan fingerprint density at radius 3 is 2.76 bits per heavy atom. The molecule has 0 bridgehead atoms. The Balaban J connectivity index is 1.50. The summed E-state index contributed by atoms with van der Waals surface area (Å²) >= 11 is 0. The lowest BCUT2D eigenvalue weighted by Crippen LogP contribution is -2.42. The van der Waals surface area contributed by atoms with E-state index in [2.05, 4.69) is 24.8 Å². The summed E-state index contributed by atoms with van der Waals surface area (Å²) in [5, 5.41) is 10.8. The molecule has 1 saturated heterocycles. The minimum absolute atomic E-state index is 0.00861. The number of hydrogen-bond donors (Lipinski definition) is 1. The standard InChI is InChI=1S/C25H35NO3/c1-16-9-8-12-25(3)14-22-19(13-21(16)25)20(24(28)29-22)15-26(4)17(2)23(27)18-10-6-5-7-11-18/h5-7,10-11,13,16-17,19-20,22-23,27H,8-9,12,14-15H2,1-4H3/t16-,17-,19+,20?,22+,23+,25+/m0/s1. The molecule has 1 aromatic carbocycles. The van der Waals surface area contributed by atoms with Crippen LogP contribution in [0.3, 0.4) is 0 Å². The number of allylic oxidation sites excluding steroid dienone is 1. The Bertz CT molecular complexity index is 776. The summed E-state index contributed by atoms with van der Waals surface area (Å²) in [6, 6.07) is 9.66. The molecule has 4 nitrogen and oxygen atoms in total.